The summed E-state index contributed by atoms with van der Waals surface area (Å²) in [5.41, 5.74) is 4.78. The molecule has 4 rings (SSSR count). The van der Waals surface area contributed by atoms with Crippen molar-refractivity contribution in [3.05, 3.63) is 94.5 Å². The van der Waals surface area contributed by atoms with Crippen molar-refractivity contribution < 1.29 is 0 Å². The Bertz CT molecular complexity index is 983. The monoisotopic (exact) mass is 351 g/mol. The van der Waals surface area contributed by atoms with Crippen molar-refractivity contribution in [3.8, 4) is 11.3 Å². The molecule has 0 N–H and O–H groups in total. The Hall–Kier alpha value is -2.22. The highest BCUT2D eigenvalue weighted by Gasteiger charge is 2.11. The molecule has 0 atom stereocenters. The van der Waals surface area contributed by atoms with Crippen LogP contribution in [-0.2, 0) is 6.54 Å². The first-order valence-electron chi connectivity index (χ1n) is 7.79. The first-order valence-corrected chi connectivity index (χ1v) is 8.55. The maximum Gasteiger partial charge on any atom is 0.0494 e. The van der Waals surface area contributed by atoms with Gasteiger partial charge in [0.25, 0.3) is 0 Å². The lowest BCUT2D eigenvalue weighted by molar-refractivity contribution is 0.845. The van der Waals surface area contributed by atoms with E-state index in [0.29, 0.717) is 0 Å². The summed E-state index contributed by atoms with van der Waals surface area (Å²) < 4.78 is 2.34. The lowest BCUT2D eigenvalue weighted by atomic mass is 10.1. The molecule has 118 valence electrons. The molecule has 0 aliphatic rings. The second kappa shape index (κ2) is 6.35. The highest BCUT2D eigenvalue weighted by atomic mass is 35.5. The number of aromatic nitrogens is 1. The van der Waals surface area contributed by atoms with Crippen LogP contribution in [-0.4, -0.2) is 4.57 Å². The molecule has 0 amide bonds. The van der Waals surface area contributed by atoms with E-state index in [4.69, 9.17) is 23.2 Å². The smallest absolute Gasteiger partial charge is 0.0494 e. The average molecular weight is 352 g/mol. The van der Waals surface area contributed by atoms with Crippen LogP contribution in [0.5, 0.6) is 0 Å². The van der Waals surface area contributed by atoms with Gasteiger partial charge in [-0.15, -0.1) is 0 Å². The van der Waals surface area contributed by atoms with Gasteiger partial charge in [-0.3, -0.25) is 0 Å². The number of para-hydroxylation sites is 1. The van der Waals surface area contributed by atoms with Crippen molar-refractivity contribution in [1.82, 2.24) is 4.57 Å². The molecule has 24 heavy (non-hydrogen) atoms. The van der Waals surface area contributed by atoms with Crippen LogP contribution in [0.15, 0.2) is 78.9 Å². The molecular weight excluding hydrogens is 337 g/mol. The summed E-state index contributed by atoms with van der Waals surface area (Å²) >= 11 is 12.1. The summed E-state index contributed by atoms with van der Waals surface area (Å²) in [5.74, 6) is 0. The molecule has 1 heterocycles. The third-order valence-corrected chi connectivity index (χ3v) is 4.71. The molecule has 3 heteroatoms. The van der Waals surface area contributed by atoms with E-state index in [1.165, 1.54) is 22.2 Å². The van der Waals surface area contributed by atoms with E-state index in [2.05, 4.69) is 59.2 Å². The summed E-state index contributed by atoms with van der Waals surface area (Å²) in [4.78, 5) is 0. The molecular formula is C21H15Cl2N. The Balaban J connectivity index is 1.86. The third kappa shape index (κ3) is 2.93. The zero-order chi connectivity index (χ0) is 16.5. The zero-order valence-corrected chi connectivity index (χ0v) is 14.4. The largest absolute Gasteiger partial charge is 0.336 e. The molecule has 0 aliphatic carbocycles. The molecule has 0 radical (unpaired) electrons. The number of rotatable bonds is 3. The van der Waals surface area contributed by atoms with Gasteiger partial charge in [0.2, 0.25) is 0 Å². The number of hydrogen-bond acceptors (Lipinski definition) is 0. The molecule has 0 saturated heterocycles. The van der Waals surface area contributed by atoms with Crippen LogP contribution in [0.2, 0.25) is 10.0 Å². The van der Waals surface area contributed by atoms with Gasteiger partial charge in [0, 0.05) is 33.2 Å². The molecule has 0 aliphatic heterocycles. The molecule has 0 saturated carbocycles. The molecule has 3 aromatic carbocycles. The van der Waals surface area contributed by atoms with E-state index < -0.39 is 0 Å². The SMILES string of the molecule is Clc1ccc(Cn2c(-c3ccc(Cl)cc3)cc3ccccc32)cc1. The summed E-state index contributed by atoms with van der Waals surface area (Å²) in [5, 5.41) is 2.74. The van der Waals surface area contributed by atoms with Gasteiger partial charge >= 0.3 is 0 Å². The summed E-state index contributed by atoms with van der Waals surface area (Å²) in [7, 11) is 0. The number of nitrogens with zero attached hydrogens (tertiary/aromatic N) is 1. The molecule has 1 nitrogen and oxygen atoms in total. The predicted octanol–water partition coefficient (Wildman–Crippen LogP) is 6.66. The van der Waals surface area contributed by atoms with Crippen molar-refractivity contribution in [2.24, 2.45) is 0 Å². The Morgan fingerprint density at radius 1 is 0.708 bits per heavy atom. The van der Waals surface area contributed by atoms with Crippen LogP contribution < -0.4 is 0 Å². The van der Waals surface area contributed by atoms with Crippen molar-refractivity contribution >= 4 is 34.1 Å². The molecule has 0 bridgehead atoms. The minimum absolute atomic E-state index is 0.749. The van der Waals surface area contributed by atoms with E-state index in [-0.39, 0.29) is 0 Å². The van der Waals surface area contributed by atoms with Gasteiger partial charge < -0.3 is 4.57 Å². The van der Waals surface area contributed by atoms with Gasteiger partial charge in [-0.1, -0.05) is 65.7 Å². The van der Waals surface area contributed by atoms with E-state index in [1.54, 1.807) is 0 Å². The fourth-order valence-corrected chi connectivity index (χ4v) is 3.26. The normalized spacial score (nSPS) is 11.1. The summed E-state index contributed by atoms with van der Waals surface area (Å²) in [6.45, 7) is 0.794. The number of hydrogen-bond donors (Lipinski definition) is 0. The van der Waals surface area contributed by atoms with Crippen molar-refractivity contribution in [2.45, 2.75) is 6.54 Å². The van der Waals surface area contributed by atoms with Gasteiger partial charge in [-0.05, 0) is 47.5 Å². The van der Waals surface area contributed by atoms with Crippen LogP contribution in [0.1, 0.15) is 5.56 Å². The van der Waals surface area contributed by atoms with Crippen LogP contribution in [0, 0.1) is 0 Å². The first-order chi connectivity index (χ1) is 11.7. The van der Waals surface area contributed by atoms with Gasteiger partial charge in [-0.2, -0.15) is 0 Å². The van der Waals surface area contributed by atoms with E-state index in [0.717, 1.165) is 22.2 Å². The maximum atomic E-state index is 6.04. The maximum absolute atomic E-state index is 6.04. The van der Waals surface area contributed by atoms with E-state index >= 15 is 0 Å². The van der Waals surface area contributed by atoms with Crippen molar-refractivity contribution in [2.75, 3.05) is 0 Å². The molecule has 0 fully saturated rings. The number of benzene rings is 3. The lowest BCUT2D eigenvalue weighted by Crippen LogP contribution is -2.01. The molecule has 0 unspecified atom stereocenters. The number of fused-ring (bicyclic) bond motifs is 1. The Labute approximate surface area is 151 Å². The topological polar surface area (TPSA) is 4.93 Å². The summed E-state index contributed by atoms with van der Waals surface area (Å²) in [6, 6.07) is 26.7. The second-order valence-corrected chi connectivity index (χ2v) is 6.68. The minimum Gasteiger partial charge on any atom is -0.336 e. The lowest BCUT2D eigenvalue weighted by Gasteiger charge is -2.12. The molecule has 1 aromatic heterocycles. The van der Waals surface area contributed by atoms with Crippen LogP contribution in [0.3, 0.4) is 0 Å². The Kier molecular flexibility index (Phi) is 4.05. The summed E-state index contributed by atoms with van der Waals surface area (Å²) in [6.07, 6.45) is 0. The van der Waals surface area contributed by atoms with Gasteiger partial charge in [0.1, 0.15) is 0 Å². The third-order valence-electron chi connectivity index (χ3n) is 4.20. The highest BCUT2D eigenvalue weighted by Crippen LogP contribution is 2.30. The van der Waals surface area contributed by atoms with Crippen molar-refractivity contribution in [1.29, 1.82) is 0 Å². The first kappa shape index (κ1) is 15.3. The van der Waals surface area contributed by atoms with Gasteiger partial charge in [-0.25, -0.2) is 0 Å². The Morgan fingerprint density at radius 2 is 1.33 bits per heavy atom. The van der Waals surface area contributed by atoms with Crippen LogP contribution >= 0.6 is 23.2 Å². The fourth-order valence-electron chi connectivity index (χ4n) is 3.01. The quantitative estimate of drug-likeness (QED) is 0.388. The van der Waals surface area contributed by atoms with E-state index in [1.807, 2.05) is 24.3 Å². The number of halogens is 2. The van der Waals surface area contributed by atoms with Crippen molar-refractivity contribution in [3.63, 3.8) is 0 Å². The minimum atomic E-state index is 0.749. The van der Waals surface area contributed by atoms with Gasteiger partial charge in [0.05, 0.1) is 0 Å². The zero-order valence-electron chi connectivity index (χ0n) is 12.9. The molecule has 0 spiro atoms. The van der Waals surface area contributed by atoms with E-state index in [9.17, 15) is 0 Å². The standard InChI is InChI=1S/C21H15Cl2N/c22-18-9-5-15(6-10-18)14-24-20-4-2-1-3-17(20)13-21(24)16-7-11-19(23)12-8-16/h1-13H,14H2. The second-order valence-electron chi connectivity index (χ2n) is 5.81. The van der Waals surface area contributed by atoms with Gasteiger partial charge in [0.15, 0.2) is 0 Å². The average Bonchev–Trinajstić information content (AvgIpc) is 2.96. The predicted molar refractivity (Wildman–Crippen MR) is 103 cm³/mol. The van der Waals surface area contributed by atoms with Crippen LogP contribution in [0.25, 0.3) is 22.2 Å². The van der Waals surface area contributed by atoms with Crippen LogP contribution in [0.4, 0.5) is 0 Å². The fraction of sp³-hybridized carbons (Fsp3) is 0.0476. The Morgan fingerprint density at radius 3 is 2.04 bits per heavy atom. The molecule has 4 aromatic rings. The highest BCUT2D eigenvalue weighted by molar-refractivity contribution is 6.30.